The first-order valence-electron chi connectivity index (χ1n) is 6.46. The Morgan fingerprint density at radius 2 is 1.58 bits per heavy atom. The fraction of sp³-hybridized carbons (Fsp3) is 0.467. The van der Waals surface area contributed by atoms with Gasteiger partial charge in [-0.15, -0.1) is 0 Å². The van der Waals surface area contributed by atoms with E-state index in [0.717, 1.165) is 16.8 Å². The highest BCUT2D eigenvalue weighted by atomic mass is 16.2. The quantitative estimate of drug-likeness (QED) is 0.875. The van der Waals surface area contributed by atoms with E-state index >= 15 is 0 Å². The van der Waals surface area contributed by atoms with Crippen LogP contribution in [0.2, 0.25) is 0 Å². The molecule has 0 aliphatic carbocycles. The van der Waals surface area contributed by atoms with Gasteiger partial charge in [0.1, 0.15) is 6.04 Å². The molecule has 1 rings (SSSR count). The van der Waals surface area contributed by atoms with Gasteiger partial charge in [0, 0.05) is 12.6 Å². The third kappa shape index (κ3) is 4.73. The van der Waals surface area contributed by atoms with Crippen LogP contribution in [0.4, 0.5) is 5.69 Å². The number of nitrogens with one attached hydrogen (secondary N) is 2. The molecule has 0 saturated heterocycles. The van der Waals surface area contributed by atoms with Gasteiger partial charge in [-0.25, -0.2) is 0 Å². The molecule has 0 bridgehead atoms. The SMILES string of the molecule is CC(=O)NC(C(=O)Nc1cc(C)cc(C)c1)C(C)C. The highest BCUT2D eigenvalue weighted by molar-refractivity contribution is 5.97. The van der Waals surface area contributed by atoms with Gasteiger partial charge in [-0.3, -0.25) is 9.59 Å². The summed E-state index contributed by atoms with van der Waals surface area (Å²) >= 11 is 0. The van der Waals surface area contributed by atoms with Gasteiger partial charge < -0.3 is 10.6 Å². The third-order valence-corrected chi connectivity index (χ3v) is 2.80. The first-order chi connectivity index (χ1) is 8.79. The van der Waals surface area contributed by atoms with E-state index < -0.39 is 6.04 Å². The van der Waals surface area contributed by atoms with Gasteiger partial charge in [-0.1, -0.05) is 19.9 Å². The fourth-order valence-corrected chi connectivity index (χ4v) is 2.02. The summed E-state index contributed by atoms with van der Waals surface area (Å²) in [5.41, 5.74) is 2.95. The Balaban J connectivity index is 2.83. The van der Waals surface area contributed by atoms with Crippen LogP contribution in [0.25, 0.3) is 0 Å². The molecule has 1 aromatic rings. The smallest absolute Gasteiger partial charge is 0.247 e. The van der Waals surface area contributed by atoms with E-state index in [1.807, 2.05) is 45.9 Å². The number of carbonyl (C=O) groups is 2. The maximum absolute atomic E-state index is 12.2. The molecule has 104 valence electrons. The van der Waals surface area contributed by atoms with Crippen LogP contribution in [0.1, 0.15) is 31.9 Å². The molecule has 4 heteroatoms. The van der Waals surface area contributed by atoms with Gasteiger partial charge in [0.05, 0.1) is 0 Å². The van der Waals surface area contributed by atoms with Gasteiger partial charge in [0.15, 0.2) is 0 Å². The Bertz CT molecular complexity index is 461. The molecule has 0 spiro atoms. The zero-order valence-corrected chi connectivity index (χ0v) is 12.2. The van der Waals surface area contributed by atoms with Gasteiger partial charge in [-0.05, 0) is 43.0 Å². The molecule has 2 amide bonds. The van der Waals surface area contributed by atoms with Gasteiger partial charge in [0.2, 0.25) is 11.8 Å². The molecule has 0 aliphatic heterocycles. The minimum absolute atomic E-state index is 0.0369. The highest BCUT2D eigenvalue weighted by Gasteiger charge is 2.22. The Morgan fingerprint density at radius 3 is 2.00 bits per heavy atom. The summed E-state index contributed by atoms with van der Waals surface area (Å²) in [6.45, 7) is 9.19. The number of aryl methyl sites for hydroxylation is 2. The number of hydrogen-bond donors (Lipinski definition) is 2. The van der Waals surface area contributed by atoms with Crippen LogP contribution in [0.5, 0.6) is 0 Å². The van der Waals surface area contributed by atoms with Gasteiger partial charge >= 0.3 is 0 Å². The van der Waals surface area contributed by atoms with Crippen molar-refractivity contribution in [1.82, 2.24) is 5.32 Å². The lowest BCUT2D eigenvalue weighted by Crippen LogP contribution is -2.46. The Kier molecular flexibility index (Phi) is 5.10. The second kappa shape index (κ2) is 6.36. The average molecular weight is 262 g/mol. The third-order valence-electron chi connectivity index (χ3n) is 2.80. The minimum atomic E-state index is -0.515. The van der Waals surface area contributed by atoms with Crippen LogP contribution in [0.15, 0.2) is 18.2 Å². The van der Waals surface area contributed by atoms with Crippen molar-refractivity contribution in [1.29, 1.82) is 0 Å². The second-order valence-corrected chi connectivity index (χ2v) is 5.29. The van der Waals surface area contributed by atoms with Crippen LogP contribution >= 0.6 is 0 Å². The molecule has 0 aromatic heterocycles. The number of rotatable bonds is 4. The largest absolute Gasteiger partial charge is 0.344 e. The zero-order valence-electron chi connectivity index (χ0n) is 12.2. The van der Waals surface area contributed by atoms with Crippen molar-refractivity contribution < 1.29 is 9.59 Å². The molecule has 0 fully saturated rings. The summed E-state index contributed by atoms with van der Waals surface area (Å²) in [5, 5.41) is 5.53. The fourth-order valence-electron chi connectivity index (χ4n) is 2.02. The monoisotopic (exact) mass is 262 g/mol. The summed E-state index contributed by atoms with van der Waals surface area (Å²) in [4.78, 5) is 23.3. The molecule has 4 nitrogen and oxygen atoms in total. The number of anilines is 1. The summed E-state index contributed by atoms with van der Waals surface area (Å²) < 4.78 is 0. The maximum Gasteiger partial charge on any atom is 0.247 e. The summed E-state index contributed by atoms with van der Waals surface area (Å²) in [6.07, 6.45) is 0. The molecule has 0 radical (unpaired) electrons. The lowest BCUT2D eigenvalue weighted by Gasteiger charge is -2.21. The summed E-state index contributed by atoms with van der Waals surface area (Å²) in [6, 6.07) is 5.36. The van der Waals surface area contributed by atoms with Crippen LogP contribution in [-0.2, 0) is 9.59 Å². The Labute approximate surface area is 114 Å². The zero-order chi connectivity index (χ0) is 14.6. The maximum atomic E-state index is 12.2. The second-order valence-electron chi connectivity index (χ2n) is 5.29. The molecule has 1 aromatic carbocycles. The summed E-state index contributed by atoms with van der Waals surface area (Å²) in [5.74, 6) is -0.348. The summed E-state index contributed by atoms with van der Waals surface area (Å²) in [7, 11) is 0. The molecule has 1 unspecified atom stereocenters. The predicted molar refractivity (Wildman–Crippen MR) is 77.0 cm³/mol. The number of benzene rings is 1. The average Bonchev–Trinajstić information content (AvgIpc) is 2.23. The van der Waals surface area contributed by atoms with E-state index in [2.05, 4.69) is 10.6 Å². The van der Waals surface area contributed by atoms with E-state index in [-0.39, 0.29) is 17.7 Å². The van der Waals surface area contributed by atoms with E-state index in [1.165, 1.54) is 6.92 Å². The first-order valence-corrected chi connectivity index (χ1v) is 6.46. The van der Waals surface area contributed by atoms with Crippen LogP contribution in [0, 0.1) is 19.8 Å². The van der Waals surface area contributed by atoms with Crippen molar-refractivity contribution in [3.63, 3.8) is 0 Å². The van der Waals surface area contributed by atoms with Gasteiger partial charge in [0.25, 0.3) is 0 Å². The minimum Gasteiger partial charge on any atom is -0.344 e. The van der Waals surface area contributed by atoms with Crippen LogP contribution < -0.4 is 10.6 Å². The van der Waals surface area contributed by atoms with Crippen molar-refractivity contribution in [3.05, 3.63) is 29.3 Å². The Hall–Kier alpha value is -1.84. The molecular weight excluding hydrogens is 240 g/mol. The standard InChI is InChI=1S/C15H22N2O2/c1-9(2)14(16-12(5)18)15(19)17-13-7-10(3)6-11(4)8-13/h6-9,14H,1-5H3,(H,16,18)(H,17,19). The van der Waals surface area contributed by atoms with Crippen molar-refractivity contribution in [2.45, 2.75) is 40.7 Å². The van der Waals surface area contributed by atoms with Crippen molar-refractivity contribution >= 4 is 17.5 Å². The number of carbonyl (C=O) groups excluding carboxylic acids is 2. The van der Waals surface area contributed by atoms with Crippen LogP contribution in [0.3, 0.4) is 0 Å². The van der Waals surface area contributed by atoms with E-state index in [0.29, 0.717) is 0 Å². The first kappa shape index (κ1) is 15.2. The topological polar surface area (TPSA) is 58.2 Å². The highest BCUT2D eigenvalue weighted by Crippen LogP contribution is 2.15. The predicted octanol–water partition coefficient (Wildman–Crippen LogP) is 2.40. The van der Waals surface area contributed by atoms with E-state index in [4.69, 9.17) is 0 Å². The molecule has 1 atom stereocenters. The molecule has 0 heterocycles. The number of hydrogen-bond acceptors (Lipinski definition) is 2. The molecule has 2 N–H and O–H groups in total. The van der Waals surface area contributed by atoms with Gasteiger partial charge in [-0.2, -0.15) is 0 Å². The molecular formula is C15H22N2O2. The molecule has 19 heavy (non-hydrogen) atoms. The van der Waals surface area contributed by atoms with Crippen molar-refractivity contribution in [2.75, 3.05) is 5.32 Å². The number of amides is 2. The lowest BCUT2D eigenvalue weighted by atomic mass is 10.0. The van der Waals surface area contributed by atoms with Crippen molar-refractivity contribution in [3.8, 4) is 0 Å². The van der Waals surface area contributed by atoms with Crippen LogP contribution in [-0.4, -0.2) is 17.9 Å². The Morgan fingerprint density at radius 1 is 1.05 bits per heavy atom. The molecule has 0 saturated carbocycles. The lowest BCUT2D eigenvalue weighted by molar-refractivity contribution is -0.126. The molecule has 0 aliphatic rings. The van der Waals surface area contributed by atoms with E-state index in [1.54, 1.807) is 0 Å². The van der Waals surface area contributed by atoms with E-state index in [9.17, 15) is 9.59 Å². The van der Waals surface area contributed by atoms with Crippen molar-refractivity contribution in [2.24, 2.45) is 5.92 Å². The normalized spacial score (nSPS) is 12.1.